The molecule has 3 N–H and O–H groups in total. The molecule has 0 unspecified atom stereocenters. The fraction of sp³-hybridized carbons (Fsp3) is 0.333. The van der Waals surface area contributed by atoms with Crippen molar-refractivity contribution < 1.29 is 31.5 Å². The van der Waals surface area contributed by atoms with Crippen LogP contribution in [0.1, 0.15) is 11.6 Å². The summed E-state index contributed by atoms with van der Waals surface area (Å²) in [5.74, 6) is -3.24. The van der Waals surface area contributed by atoms with Gasteiger partial charge in [-0.15, -0.1) is 0 Å². The predicted octanol–water partition coefficient (Wildman–Crippen LogP) is 1.61. The van der Waals surface area contributed by atoms with Crippen molar-refractivity contribution in [3.63, 3.8) is 0 Å². The molecule has 0 spiro atoms. The Hall–Kier alpha value is -2.39. The van der Waals surface area contributed by atoms with E-state index in [0.29, 0.717) is 6.07 Å². The normalized spacial score (nSPS) is 12.5. The Bertz CT molecular complexity index is 562. The van der Waals surface area contributed by atoms with Gasteiger partial charge in [-0.05, 0) is 17.7 Å². The first-order valence-corrected chi connectivity index (χ1v) is 5.91. The third-order valence-corrected chi connectivity index (χ3v) is 2.51. The first-order chi connectivity index (χ1) is 10.1. The lowest BCUT2D eigenvalue weighted by molar-refractivity contribution is -0.123. The summed E-state index contributed by atoms with van der Waals surface area (Å²) in [6.45, 7) is -1.60. The molecule has 0 fully saturated rings. The van der Waals surface area contributed by atoms with Crippen LogP contribution in [0.5, 0.6) is 0 Å². The second-order valence-corrected chi connectivity index (χ2v) is 4.16. The van der Waals surface area contributed by atoms with Gasteiger partial charge in [0.05, 0.1) is 0 Å². The van der Waals surface area contributed by atoms with Gasteiger partial charge in [-0.2, -0.15) is 13.2 Å². The van der Waals surface area contributed by atoms with Crippen LogP contribution in [0.25, 0.3) is 0 Å². The van der Waals surface area contributed by atoms with Crippen molar-refractivity contribution >= 4 is 11.9 Å². The lowest BCUT2D eigenvalue weighted by atomic mass is 10.1. The van der Waals surface area contributed by atoms with E-state index in [9.17, 15) is 31.5 Å². The number of carbonyl (C=O) groups excluding carboxylic acids is 2. The lowest BCUT2D eigenvalue weighted by Gasteiger charge is -2.18. The maximum Gasteiger partial charge on any atom is 0.405 e. The number of benzene rings is 1. The van der Waals surface area contributed by atoms with Crippen LogP contribution in [0.3, 0.4) is 0 Å². The van der Waals surface area contributed by atoms with Gasteiger partial charge >= 0.3 is 12.2 Å². The van der Waals surface area contributed by atoms with Crippen molar-refractivity contribution in [3.05, 3.63) is 35.4 Å². The Morgan fingerprint density at radius 2 is 1.82 bits per heavy atom. The predicted molar refractivity (Wildman–Crippen MR) is 65.8 cm³/mol. The average Bonchev–Trinajstić information content (AvgIpc) is 2.44. The quantitative estimate of drug-likeness (QED) is 0.736. The van der Waals surface area contributed by atoms with Crippen molar-refractivity contribution in [2.24, 2.45) is 0 Å². The first kappa shape index (κ1) is 17.7. The van der Waals surface area contributed by atoms with E-state index >= 15 is 0 Å². The molecule has 0 radical (unpaired) electrons. The number of carbonyl (C=O) groups is 2. The number of alkyl halides is 3. The number of urea groups is 1. The standard InChI is InChI=1S/C12H12F5N3O2/c1-18-10(21)9(6-2-3-7(13)8(14)4-6)20-11(22)19-5-12(15,16)17/h2-4,9H,5H2,1H3,(H,18,21)(H2,19,20,22)/t9-/m1/s1. The number of nitrogens with one attached hydrogen (secondary N) is 3. The number of likely N-dealkylation sites (N-methyl/N-ethyl adjacent to an activating group) is 1. The third kappa shape index (κ3) is 5.19. The molecule has 122 valence electrons. The van der Waals surface area contributed by atoms with Gasteiger partial charge in [0.1, 0.15) is 12.6 Å². The van der Waals surface area contributed by atoms with Gasteiger partial charge in [0.2, 0.25) is 5.91 Å². The zero-order chi connectivity index (χ0) is 16.9. The summed E-state index contributed by atoms with van der Waals surface area (Å²) in [7, 11) is 1.21. The topological polar surface area (TPSA) is 70.2 Å². The molecule has 5 nitrogen and oxygen atoms in total. The number of halogens is 5. The van der Waals surface area contributed by atoms with Crippen molar-refractivity contribution in [2.45, 2.75) is 12.2 Å². The minimum atomic E-state index is -4.62. The molecule has 0 aliphatic carbocycles. The van der Waals surface area contributed by atoms with Crippen LogP contribution in [-0.4, -0.2) is 31.7 Å². The van der Waals surface area contributed by atoms with Crippen molar-refractivity contribution in [2.75, 3.05) is 13.6 Å². The minimum Gasteiger partial charge on any atom is -0.357 e. The van der Waals surface area contributed by atoms with Crippen LogP contribution in [0.15, 0.2) is 18.2 Å². The smallest absolute Gasteiger partial charge is 0.357 e. The summed E-state index contributed by atoms with van der Waals surface area (Å²) < 4.78 is 62.0. The van der Waals surface area contributed by atoms with Gasteiger partial charge in [0.25, 0.3) is 0 Å². The van der Waals surface area contributed by atoms with E-state index in [-0.39, 0.29) is 5.56 Å². The minimum absolute atomic E-state index is 0.125. The summed E-state index contributed by atoms with van der Waals surface area (Å²) >= 11 is 0. The van der Waals surface area contributed by atoms with E-state index in [4.69, 9.17) is 0 Å². The van der Waals surface area contributed by atoms with Gasteiger partial charge in [-0.1, -0.05) is 6.07 Å². The first-order valence-electron chi connectivity index (χ1n) is 5.91. The Balaban J connectivity index is 2.87. The molecule has 0 bridgehead atoms. The molecule has 0 aliphatic rings. The molecule has 0 saturated carbocycles. The molecule has 0 aliphatic heterocycles. The highest BCUT2D eigenvalue weighted by Gasteiger charge is 2.29. The van der Waals surface area contributed by atoms with Crippen molar-refractivity contribution in [1.29, 1.82) is 0 Å². The highest BCUT2D eigenvalue weighted by Crippen LogP contribution is 2.17. The highest BCUT2D eigenvalue weighted by atomic mass is 19.4. The Morgan fingerprint density at radius 3 is 2.32 bits per heavy atom. The molecule has 3 amide bonds. The van der Waals surface area contributed by atoms with Gasteiger partial charge in [0.15, 0.2) is 11.6 Å². The lowest BCUT2D eigenvalue weighted by Crippen LogP contribution is -2.46. The maximum atomic E-state index is 13.2. The molecule has 22 heavy (non-hydrogen) atoms. The van der Waals surface area contributed by atoms with Gasteiger partial charge in [-0.25, -0.2) is 13.6 Å². The van der Waals surface area contributed by atoms with Crippen LogP contribution in [-0.2, 0) is 4.79 Å². The Kier molecular flexibility index (Phi) is 5.66. The van der Waals surface area contributed by atoms with Gasteiger partial charge in [-0.3, -0.25) is 4.79 Å². The molecule has 1 atom stereocenters. The van der Waals surface area contributed by atoms with E-state index in [1.807, 2.05) is 5.32 Å². The fourth-order valence-electron chi connectivity index (χ4n) is 1.50. The van der Waals surface area contributed by atoms with Crippen molar-refractivity contribution in [3.8, 4) is 0 Å². The SMILES string of the molecule is CNC(=O)[C@H](NC(=O)NCC(F)(F)F)c1ccc(F)c(F)c1. The molecule has 1 aromatic rings. The van der Waals surface area contributed by atoms with Crippen molar-refractivity contribution in [1.82, 2.24) is 16.0 Å². The van der Waals surface area contributed by atoms with Crippen LogP contribution >= 0.6 is 0 Å². The zero-order valence-electron chi connectivity index (χ0n) is 11.2. The van der Waals surface area contributed by atoms with E-state index in [2.05, 4.69) is 5.32 Å². The molecule has 0 saturated heterocycles. The van der Waals surface area contributed by atoms with Crippen LogP contribution in [0.4, 0.5) is 26.7 Å². The van der Waals surface area contributed by atoms with E-state index in [1.54, 1.807) is 0 Å². The largest absolute Gasteiger partial charge is 0.405 e. The van der Waals surface area contributed by atoms with E-state index in [0.717, 1.165) is 12.1 Å². The van der Waals surface area contributed by atoms with E-state index < -0.39 is 42.3 Å². The van der Waals surface area contributed by atoms with E-state index in [1.165, 1.54) is 12.4 Å². The molecule has 10 heteroatoms. The number of rotatable bonds is 4. The third-order valence-electron chi connectivity index (χ3n) is 2.51. The fourth-order valence-corrected chi connectivity index (χ4v) is 1.50. The Morgan fingerprint density at radius 1 is 1.18 bits per heavy atom. The molecular formula is C12H12F5N3O2. The molecule has 1 rings (SSSR count). The summed E-state index contributed by atoms with van der Waals surface area (Å²) in [5, 5.41) is 5.61. The molecule has 0 aromatic heterocycles. The van der Waals surface area contributed by atoms with Gasteiger partial charge < -0.3 is 16.0 Å². The van der Waals surface area contributed by atoms with Gasteiger partial charge in [0, 0.05) is 7.05 Å². The molecular weight excluding hydrogens is 313 g/mol. The average molecular weight is 325 g/mol. The molecule has 1 aromatic carbocycles. The second-order valence-electron chi connectivity index (χ2n) is 4.16. The van der Waals surface area contributed by atoms with Crippen LogP contribution in [0.2, 0.25) is 0 Å². The van der Waals surface area contributed by atoms with Crippen LogP contribution < -0.4 is 16.0 Å². The maximum absolute atomic E-state index is 13.2. The number of hydrogen-bond donors (Lipinski definition) is 3. The summed E-state index contributed by atoms with van der Waals surface area (Å²) in [6, 6.07) is -0.332. The Labute approximate surface area is 121 Å². The highest BCUT2D eigenvalue weighted by molar-refractivity contribution is 5.87. The summed E-state index contributed by atoms with van der Waals surface area (Å²) in [6.07, 6.45) is -4.62. The summed E-state index contributed by atoms with van der Waals surface area (Å²) in [4.78, 5) is 23.0. The monoisotopic (exact) mass is 325 g/mol. The number of amides is 3. The zero-order valence-corrected chi connectivity index (χ0v) is 11.2. The second kappa shape index (κ2) is 7.05. The van der Waals surface area contributed by atoms with Crippen LogP contribution in [0, 0.1) is 11.6 Å². The molecule has 0 heterocycles. The summed E-state index contributed by atoms with van der Waals surface area (Å²) in [5.41, 5.74) is -0.125. The number of hydrogen-bond acceptors (Lipinski definition) is 2.